The maximum Gasteiger partial charge on any atom is 0.197 e. The van der Waals surface area contributed by atoms with Crippen molar-refractivity contribution in [2.24, 2.45) is 4.99 Å². The van der Waals surface area contributed by atoms with E-state index in [0.717, 1.165) is 52.5 Å². The molecule has 0 saturated carbocycles. The maximum atomic E-state index is 5.46. The SMILES string of the molecule is CN1CCN(C(=NC(C)(C)C)N2CCOCC2)CC1. The van der Waals surface area contributed by atoms with Crippen LogP contribution in [0.3, 0.4) is 0 Å². The summed E-state index contributed by atoms with van der Waals surface area (Å²) in [5, 5.41) is 0. The summed E-state index contributed by atoms with van der Waals surface area (Å²) < 4.78 is 5.46. The lowest BCUT2D eigenvalue weighted by molar-refractivity contribution is 0.0593. The highest BCUT2D eigenvalue weighted by molar-refractivity contribution is 5.80. The third-order valence-corrected chi connectivity index (χ3v) is 3.52. The summed E-state index contributed by atoms with van der Waals surface area (Å²) in [7, 11) is 2.19. The number of hydrogen-bond donors (Lipinski definition) is 0. The molecule has 2 aliphatic rings. The third kappa shape index (κ3) is 4.35. The fraction of sp³-hybridized carbons (Fsp3) is 0.929. The fourth-order valence-electron chi connectivity index (χ4n) is 2.41. The molecule has 0 aromatic rings. The van der Waals surface area contributed by atoms with Crippen LogP contribution in [0, 0.1) is 0 Å². The van der Waals surface area contributed by atoms with Crippen LogP contribution in [0.4, 0.5) is 0 Å². The molecule has 0 radical (unpaired) electrons. The van der Waals surface area contributed by atoms with Crippen molar-refractivity contribution in [1.82, 2.24) is 14.7 Å². The second kappa shape index (κ2) is 6.09. The number of guanidine groups is 1. The normalized spacial score (nSPS) is 23.9. The summed E-state index contributed by atoms with van der Waals surface area (Å²) in [5.74, 6) is 1.17. The molecule has 0 bridgehead atoms. The van der Waals surface area contributed by atoms with E-state index in [1.165, 1.54) is 5.96 Å². The molecule has 2 saturated heterocycles. The second-order valence-electron chi connectivity index (χ2n) is 6.47. The number of morpholine rings is 1. The molecule has 5 heteroatoms. The Balaban J connectivity index is 2.11. The van der Waals surface area contributed by atoms with Crippen molar-refractivity contribution in [3.63, 3.8) is 0 Å². The Labute approximate surface area is 117 Å². The average molecular weight is 268 g/mol. The van der Waals surface area contributed by atoms with Gasteiger partial charge in [-0.15, -0.1) is 0 Å². The van der Waals surface area contributed by atoms with Gasteiger partial charge in [-0.25, -0.2) is 4.99 Å². The van der Waals surface area contributed by atoms with E-state index in [9.17, 15) is 0 Å². The number of hydrogen-bond acceptors (Lipinski definition) is 3. The first-order valence-electron chi connectivity index (χ1n) is 7.32. The molecule has 0 unspecified atom stereocenters. The molecule has 19 heavy (non-hydrogen) atoms. The van der Waals surface area contributed by atoms with Crippen molar-refractivity contribution in [3.8, 4) is 0 Å². The molecule has 0 aliphatic carbocycles. The van der Waals surface area contributed by atoms with Gasteiger partial charge in [0.05, 0.1) is 18.8 Å². The highest BCUT2D eigenvalue weighted by atomic mass is 16.5. The minimum absolute atomic E-state index is 0.0308. The van der Waals surface area contributed by atoms with Gasteiger partial charge in [0.2, 0.25) is 0 Å². The minimum atomic E-state index is -0.0308. The standard InChI is InChI=1S/C14H28N4O/c1-14(2,3)15-13(18-9-11-19-12-10-18)17-7-5-16(4)6-8-17/h5-12H2,1-4H3. The molecule has 5 nitrogen and oxygen atoms in total. The molecule has 2 rings (SSSR count). The monoisotopic (exact) mass is 268 g/mol. The maximum absolute atomic E-state index is 5.46. The van der Waals surface area contributed by atoms with Crippen LogP contribution in [0.5, 0.6) is 0 Å². The predicted molar refractivity (Wildman–Crippen MR) is 78.7 cm³/mol. The van der Waals surface area contributed by atoms with Gasteiger partial charge < -0.3 is 19.4 Å². The molecular weight excluding hydrogens is 240 g/mol. The molecule has 0 atom stereocenters. The van der Waals surface area contributed by atoms with Gasteiger partial charge in [0.1, 0.15) is 0 Å². The number of ether oxygens (including phenoxy) is 1. The van der Waals surface area contributed by atoms with Crippen LogP contribution < -0.4 is 0 Å². The van der Waals surface area contributed by atoms with E-state index in [1.807, 2.05) is 0 Å². The first-order chi connectivity index (χ1) is 8.96. The van der Waals surface area contributed by atoms with Crippen molar-refractivity contribution < 1.29 is 4.74 Å². The van der Waals surface area contributed by atoms with Crippen molar-refractivity contribution in [2.75, 3.05) is 59.5 Å². The quantitative estimate of drug-likeness (QED) is 0.478. The zero-order valence-electron chi connectivity index (χ0n) is 12.9. The molecule has 0 aromatic carbocycles. The molecule has 2 fully saturated rings. The number of piperazine rings is 1. The minimum Gasteiger partial charge on any atom is -0.378 e. The van der Waals surface area contributed by atoms with E-state index in [1.54, 1.807) is 0 Å². The van der Waals surface area contributed by atoms with E-state index in [4.69, 9.17) is 9.73 Å². The van der Waals surface area contributed by atoms with Gasteiger partial charge in [-0.2, -0.15) is 0 Å². The number of aliphatic imine (C=N–C) groups is 1. The van der Waals surface area contributed by atoms with Crippen LogP contribution in [-0.4, -0.2) is 85.7 Å². The van der Waals surface area contributed by atoms with E-state index in [0.29, 0.717) is 0 Å². The first kappa shape index (κ1) is 14.6. The Morgan fingerprint density at radius 2 is 1.42 bits per heavy atom. The second-order valence-corrected chi connectivity index (χ2v) is 6.47. The van der Waals surface area contributed by atoms with Gasteiger partial charge in [-0.3, -0.25) is 0 Å². The van der Waals surface area contributed by atoms with Gasteiger partial charge in [0, 0.05) is 39.3 Å². The molecule has 110 valence electrons. The molecule has 2 aliphatic heterocycles. The van der Waals surface area contributed by atoms with Gasteiger partial charge in [0.25, 0.3) is 0 Å². The van der Waals surface area contributed by atoms with Crippen LogP contribution in [0.1, 0.15) is 20.8 Å². The predicted octanol–water partition coefficient (Wildman–Crippen LogP) is 0.721. The number of rotatable bonds is 0. The van der Waals surface area contributed by atoms with Crippen molar-refractivity contribution in [1.29, 1.82) is 0 Å². The van der Waals surface area contributed by atoms with Crippen molar-refractivity contribution >= 4 is 5.96 Å². The van der Waals surface area contributed by atoms with Crippen molar-refractivity contribution in [3.05, 3.63) is 0 Å². The summed E-state index contributed by atoms with van der Waals surface area (Å²) >= 11 is 0. The van der Waals surface area contributed by atoms with Crippen LogP contribution in [0.15, 0.2) is 4.99 Å². The van der Waals surface area contributed by atoms with Gasteiger partial charge in [-0.05, 0) is 27.8 Å². The highest BCUT2D eigenvalue weighted by Gasteiger charge is 2.25. The van der Waals surface area contributed by atoms with Gasteiger partial charge in [-0.1, -0.05) is 0 Å². The molecule has 0 N–H and O–H groups in total. The zero-order valence-corrected chi connectivity index (χ0v) is 12.9. The molecule has 0 spiro atoms. The summed E-state index contributed by atoms with van der Waals surface area (Å²) in [6, 6.07) is 0. The average Bonchev–Trinajstić information content (AvgIpc) is 2.37. The molecular formula is C14H28N4O. The number of likely N-dealkylation sites (N-methyl/N-ethyl adjacent to an activating group) is 1. The lowest BCUT2D eigenvalue weighted by Crippen LogP contribution is -2.55. The van der Waals surface area contributed by atoms with E-state index >= 15 is 0 Å². The summed E-state index contributed by atoms with van der Waals surface area (Å²) in [5.41, 5.74) is -0.0308. The first-order valence-corrected chi connectivity index (χ1v) is 7.32. The Morgan fingerprint density at radius 1 is 0.895 bits per heavy atom. The van der Waals surface area contributed by atoms with E-state index < -0.39 is 0 Å². The van der Waals surface area contributed by atoms with Crippen LogP contribution in [0.2, 0.25) is 0 Å². The van der Waals surface area contributed by atoms with Crippen LogP contribution in [-0.2, 0) is 4.74 Å². The topological polar surface area (TPSA) is 31.3 Å². The van der Waals surface area contributed by atoms with Gasteiger partial charge >= 0.3 is 0 Å². The third-order valence-electron chi connectivity index (χ3n) is 3.52. The summed E-state index contributed by atoms with van der Waals surface area (Å²) in [4.78, 5) is 12.2. The molecule has 0 amide bonds. The van der Waals surface area contributed by atoms with Crippen LogP contribution >= 0.6 is 0 Å². The Bertz CT molecular complexity index is 310. The summed E-state index contributed by atoms with van der Waals surface area (Å²) in [6.45, 7) is 14.4. The summed E-state index contributed by atoms with van der Waals surface area (Å²) in [6.07, 6.45) is 0. The Hall–Kier alpha value is -0.810. The Kier molecular flexibility index (Phi) is 4.68. The van der Waals surface area contributed by atoms with Crippen LogP contribution in [0.25, 0.3) is 0 Å². The fourth-order valence-corrected chi connectivity index (χ4v) is 2.41. The van der Waals surface area contributed by atoms with Crippen molar-refractivity contribution in [2.45, 2.75) is 26.3 Å². The van der Waals surface area contributed by atoms with Gasteiger partial charge in [0.15, 0.2) is 5.96 Å². The Morgan fingerprint density at radius 3 is 1.95 bits per heavy atom. The van der Waals surface area contributed by atoms with E-state index in [2.05, 4.69) is 42.5 Å². The molecule has 0 aromatic heterocycles. The highest BCUT2D eigenvalue weighted by Crippen LogP contribution is 2.13. The number of nitrogens with zero attached hydrogens (tertiary/aromatic N) is 4. The zero-order chi connectivity index (χ0) is 13.9. The largest absolute Gasteiger partial charge is 0.378 e. The smallest absolute Gasteiger partial charge is 0.197 e. The lowest BCUT2D eigenvalue weighted by atomic mass is 10.1. The molecule has 2 heterocycles. The van der Waals surface area contributed by atoms with E-state index in [-0.39, 0.29) is 5.54 Å². The lowest BCUT2D eigenvalue weighted by Gasteiger charge is -2.41.